The number of nitrogens with one attached hydrogen (secondary N) is 11. The summed E-state index contributed by atoms with van der Waals surface area (Å²) in [5, 5.41) is 57.7. The first-order valence-electron chi connectivity index (χ1n) is 43.5. The zero-order chi connectivity index (χ0) is 94.0. The van der Waals surface area contributed by atoms with E-state index in [9.17, 15) is 63.3 Å². The molecule has 0 saturated carbocycles. The zero-order valence-corrected chi connectivity index (χ0v) is 74.2. The Hall–Kier alpha value is -12.3. The van der Waals surface area contributed by atoms with Gasteiger partial charge in [-0.15, -0.1) is 11.8 Å². The summed E-state index contributed by atoms with van der Waals surface area (Å²) in [7, 11) is 3.97. The highest BCUT2D eigenvalue weighted by atomic mass is 32.2. The molecule has 3 saturated heterocycles. The Morgan fingerprint density at radius 2 is 1.08 bits per heavy atom. The Kier molecular flexibility index (Phi) is 37.1. The fraction of sp³-hybridized carbons (Fsp3) is 0.534. The summed E-state index contributed by atoms with van der Waals surface area (Å²) >= 11 is 0.789. The van der Waals surface area contributed by atoms with Crippen LogP contribution < -0.4 is 70.8 Å². The van der Waals surface area contributed by atoms with Crippen molar-refractivity contribution in [3.63, 3.8) is 0 Å². The van der Waals surface area contributed by atoms with Crippen molar-refractivity contribution in [2.75, 3.05) is 72.0 Å². The molecule has 0 aliphatic carbocycles. The molecule has 4 aliphatic heterocycles. The van der Waals surface area contributed by atoms with Crippen LogP contribution in [0, 0.1) is 11.8 Å². The predicted octanol–water partition coefficient (Wildman–Crippen LogP) is -2.84. The minimum absolute atomic E-state index is 0.000750. The number of ketones is 1. The number of primary amides is 2. The van der Waals surface area contributed by atoms with Gasteiger partial charge in [-0.3, -0.25) is 81.5 Å². The van der Waals surface area contributed by atoms with Gasteiger partial charge in [0.2, 0.25) is 94.5 Å². The summed E-state index contributed by atoms with van der Waals surface area (Å²) < 4.78 is 0. The molecule has 5 aromatic rings. The van der Waals surface area contributed by atoms with E-state index in [1.807, 2.05) is 12.2 Å². The average molecular weight is 1810 g/mol. The van der Waals surface area contributed by atoms with Gasteiger partial charge < -0.3 is 121 Å². The molecule has 4 aliphatic rings. The number of carbonyl (C=O) groups is 17. The van der Waals surface area contributed by atoms with Gasteiger partial charge in [-0.05, 0) is 131 Å². The van der Waals surface area contributed by atoms with Crippen molar-refractivity contribution in [1.29, 1.82) is 0 Å². The topological polar surface area (TPSA) is 611 Å². The highest BCUT2D eigenvalue weighted by Gasteiger charge is 2.47. The van der Waals surface area contributed by atoms with Crippen LogP contribution in [-0.4, -0.2) is 307 Å². The van der Waals surface area contributed by atoms with E-state index >= 15 is 33.6 Å². The third-order valence-electron chi connectivity index (χ3n) is 23.8. The number of hydrogen-bond acceptors (Lipinski definition) is 23. The largest absolute Gasteiger partial charge is 0.508 e. The number of Topliss-reactive ketones (excluding diaryl/α,β-unsaturated/α-hetero) is 1. The van der Waals surface area contributed by atoms with Gasteiger partial charge in [-0.25, -0.2) is 0 Å². The Morgan fingerprint density at radius 1 is 0.550 bits per heavy atom. The van der Waals surface area contributed by atoms with Crippen LogP contribution in [0.5, 0.6) is 5.75 Å². The van der Waals surface area contributed by atoms with Crippen molar-refractivity contribution in [2.45, 2.75) is 215 Å². The molecule has 129 heavy (non-hydrogen) atoms. The number of nitrogens with two attached hydrogens (primary N) is 4. The van der Waals surface area contributed by atoms with Gasteiger partial charge >= 0.3 is 0 Å². The number of aromatic hydroxyl groups is 1. The van der Waals surface area contributed by atoms with E-state index in [2.05, 4.69) is 57.8 Å². The minimum atomic E-state index is -1.88. The lowest BCUT2D eigenvalue weighted by Crippen LogP contribution is -2.62. The van der Waals surface area contributed by atoms with Gasteiger partial charge in [0.15, 0.2) is 5.78 Å². The third kappa shape index (κ3) is 27.4. The zero-order valence-electron chi connectivity index (χ0n) is 73.4. The fourth-order valence-corrected chi connectivity index (χ4v) is 17.4. The van der Waals surface area contributed by atoms with Crippen molar-refractivity contribution in [2.24, 2.45) is 34.8 Å². The number of carbonyl (C=O) groups excluding carboxylic acids is 17. The maximum atomic E-state index is 15.7. The van der Waals surface area contributed by atoms with Gasteiger partial charge in [0.25, 0.3) is 0 Å². The third-order valence-corrected chi connectivity index (χ3v) is 24.8. The van der Waals surface area contributed by atoms with Gasteiger partial charge in [0.05, 0.1) is 37.0 Å². The molecular weight excluding hydrogens is 1690 g/mol. The van der Waals surface area contributed by atoms with Gasteiger partial charge in [0.1, 0.15) is 78.3 Å². The summed E-state index contributed by atoms with van der Waals surface area (Å²) in [6, 6.07) is 0.105. The molecule has 6 heterocycles. The molecule has 9 rings (SSSR count). The molecule has 2 bridgehead atoms. The Balaban J connectivity index is 1.08. The number of hydrogen-bond donors (Lipinski definition) is 18. The number of aliphatic hydroxyl groups excluding tert-OH is 2. The number of nitrogens with zero attached hydrogens (tertiary/aromatic N) is 5. The lowest BCUT2D eigenvalue weighted by molar-refractivity contribution is -0.149. The number of para-hydroxylation sites is 2. The summed E-state index contributed by atoms with van der Waals surface area (Å²) in [5.74, 6) is -18.3. The smallest absolute Gasteiger partial charge is 0.245 e. The summed E-state index contributed by atoms with van der Waals surface area (Å²) in [5.41, 5.74) is 26.0. The molecule has 0 radical (unpaired) electrons. The summed E-state index contributed by atoms with van der Waals surface area (Å²) in [4.78, 5) is 260. The van der Waals surface area contributed by atoms with E-state index in [1.165, 1.54) is 57.2 Å². The number of allylic oxidation sites excluding steroid dienone is 2. The molecule has 700 valence electrons. The van der Waals surface area contributed by atoms with E-state index in [4.69, 9.17) is 22.9 Å². The molecule has 0 spiro atoms. The molecule has 41 heteroatoms. The molecule has 15 atom stereocenters. The fourth-order valence-electron chi connectivity index (χ4n) is 16.6. The number of rotatable bonds is 18. The van der Waals surface area contributed by atoms with Crippen LogP contribution in [0.25, 0.3) is 21.8 Å². The summed E-state index contributed by atoms with van der Waals surface area (Å²) in [6.45, 7) is 1.93. The maximum Gasteiger partial charge on any atom is 0.245 e. The van der Waals surface area contributed by atoms with E-state index in [0.717, 1.165) is 31.4 Å². The van der Waals surface area contributed by atoms with Gasteiger partial charge in [-0.2, -0.15) is 0 Å². The van der Waals surface area contributed by atoms with Crippen LogP contribution in [0.3, 0.4) is 0 Å². The molecule has 22 N–H and O–H groups in total. The number of fused-ring (bicyclic) bond motifs is 7. The first-order valence-corrected chi connectivity index (χ1v) is 44.7. The van der Waals surface area contributed by atoms with E-state index < -0.39 is 241 Å². The van der Waals surface area contributed by atoms with Crippen LogP contribution in [-0.2, 0) is 101 Å². The Bertz CT molecular complexity index is 4910. The second-order valence-corrected chi connectivity index (χ2v) is 34.8. The SMILES string of the molecule is CC(C)C[C@@H]1NC(=O)[C@H](CN)NC(=O)[C@@H]2CCCN2C(=O)[C@H](CC(N)=O)CC(=O)[C@H](C)N(C)C(=O)[C@H](Cc2ccc(O)cc2)NC(=O)CSC[C@H](C(=O)NCC(N)=O)NC(=O)[C@@H](CCCN)NC(=O)[C@H]2CCC/C=C\CCC[C@@H](C(=O)N2C)N(C)C(=O)[C@H](Cc2c[nH]c3ccccc23)NC(=O)[C@H](CO)NC(=O)[C@@H](Cc2c[nH]c3ccccc23)NC(=O)[C@@H]2C[C@@H](O)CN2C1=O. The minimum Gasteiger partial charge on any atom is -0.508 e. The number of amides is 16. The number of benzene rings is 3. The number of likely N-dealkylation sites (N-methyl/N-ethyl adjacent to an activating group) is 3. The highest BCUT2D eigenvalue weighted by Crippen LogP contribution is 2.29. The molecule has 40 nitrogen and oxygen atoms in total. The quantitative estimate of drug-likeness (QED) is 0.0393. The number of aromatic nitrogens is 2. The van der Waals surface area contributed by atoms with Crippen LogP contribution in [0.2, 0.25) is 0 Å². The molecule has 3 aromatic carbocycles. The normalized spacial score (nSPS) is 26.5. The average Bonchev–Trinajstić information content (AvgIpc) is 1.54. The van der Waals surface area contributed by atoms with Crippen LogP contribution in [0.15, 0.2) is 97.3 Å². The standard InChI is InChI=1S/C88H122N20O20S/c1-48(2)33-62-87(127)108-44-55(111)39-71(108)83(123)98-61(35-52-41-93-58-21-15-13-19-56(52)58)78(118)102-66(45-109)80(120)100-64(36-53-42-94-59-22-16-14-20-57(53)59)86(126)106(6)70-25-12-10-8-7-9-11-24-68(105(5)88(70)128)81(121)97-60(23-17-31-89)77(117)103-67(76(116)95-43-74(92)114)46-129-47-75(115)96-63(34-50-27-29-54(110)30-28-50)85(125)104(4)49(3)72(112)37-51(38-73(91)113)84(124)107-32-18-26-69(107)82(122)101-65(40-90)79(119)99-62/h7-8,13-16,19-22,27-30,41-42,48-49,51,55,60-71,93-94,109-111H,9-12,17-18,23-26,31-40,43-47,89-90H2,1-6H3,(H2,91,113)(H2,92,114)(H,95,116)(H,96,115)(H,97,121)(H,98,123)(H,99,119)(H,100,120)(H,101,122)(H,102,118)(H,103,117)/b8-7-/t49-,51-,55+,60+,61+,62-,63-,64-,65-,66-,67+,68+,69-,70-,71-/m0/s1. The maximum absolute atomic E-state index is 15.7. The molecule has 16 amide bonds. The van der Waals surface area contributed by atoms with E-state index in [0.29, 0.717) is 64.2 Å². The van der Waals surface area contributed by atoms with Crippen molar-refractivity contribution in [3.8, 4) is 5.75 Å². The lowest BCUT2D eigenvalue weighted by atomic mass is 9.93. The highest BCUT2D eigenvalue weighted by molar-refractivity contribution is 8.00. The van der Waals surface area contributed by atoms with Crippen molar-refractivity contribution in [1.82, 2.24) is 82.3 Å². The van der Waals surface area contributed by atoms with Gasteiger partial charge in [0, 0.05) is 119 Å². The number of phenolic OH excluding ortho intramolecular Hbond substituents is 1. The van der Waals surface area contributed by atoms with Crippen LogP contribution in [0.1, 0.15) is 127 Å². The van der Waals surface area contributed by atoms with Crippen molar-refractivity contribution >= 4 is 134 Å². The monoisotopic (exact) mass is 1810 g/mol. The number of thioether (sulfide) groups is 1. The second-order valence-electron chi connectivity index (χ2n) is 33.7. The number of aliphatic hydroxyl groups is 2. The number of phenols is 1. The first kappa shape index (κ1) is 100. The van der Waals surface area contributed by atoms with Crippen LogP contribution >= 0.6 is 11.8 Å². The first-order chi connectivity index (χ1) is 61.5. The number of aromatic amines is 2. The summed E-state index contributed by atoms with van der Waals surface area (Å²) in [6.07, 6.45) is 4.80. The van der Waals surface area contributed by atoms with Crippen LogP contribution in [0.4, 0.5) is 0 Å². The molecule has 0 unspecified atom stereocenters. The van der Waals surface area contributed by atoms with Crippen molar-refractivity contribution in [3.05, 3.63) is 114 Å². The lowest BCUT2D eigenvalue weighted by Gasteiger charge is -2.36. The van der Waals surface area contributed by atoms with E-state index in [-0.39, 0.29) is 95.4 Å². The Morgan fingerprint density at radius 3 is 1.69 bits per heavy atom. The van der Waals surface area contributed by atoms with Crippen molar-refractivity contribution < 1.29 is 96.8 Å². The number of H-pyrrole nitrogens is 2. The Labute approximate surface area is 750 Å². The van der Waals surface area contributed by atoms with E-state index in [1.54, 1.807) is 74.8 Å². The molecule has 2 aromatic heterocycles. The molecular formula is C88H122N20O20S. The predicted molar refractivity (Wildman–Crippen MR) is 475 cm³/mol. The second kappa shape index (κ2) is 47.6. The molecule has 3 fully saturated rings. The van der Waals surface area contributed by atoms with Gasteiger partial charge in [-0.1, -0.05) is 74.5 Å².